The Morgan fingerprint density at radius 3 is 3.19 bits per heavy atom. The molecule has 0 aromatic rings. The van der Waals surface area contributed by atoms with Crippen LogP contribution in [0.3, 0.4) is 0 Å². The minimum Gasteiger partial charge on any atom is -0.394 e. The number of aliphatic hydroxyl groups excluding tert-OH is 1. The first-order valence-corrected chi connectivity index (χ1v) is 6.85. The number of hydrogen-bond acceptors (Lipinski definition) is 5. The first-order chi connectivity index (χ1) is 7.80. The van der Waals surface area contributed by atoms with Crippen LogP contribution >= 0.6 is 11.8 Å². The molecule has 4 nitrogen and oxygen atoms in total. The first kappa shape index (κ1) is 12.4. The normalized spacial score (nSPS) is 39.1. The Kier molecular flexibility index (Phi) is 4.24. The van der Waals surface area contributed by atoms with E-state index in [1.807, 2.05) is 12.5 Å². The highest BCUT2D eigenvalue weighted by atomic mass is 32.2. The number of thioether (sulfide) groups is 1. The maximum atomic E-state index is 9.58. The van der Waals surface area contributed by atoms with E-state index >= 15 is 0 Å². The van der Waals surface area contributed by atoms with Crippen LogP contribution in [0.2, 0.25) is 0 Å². The molecule has 2 aliphatic heterocycles. The van der Waals surface area contributed by atoms with Crippen molar-refractivity contribution in [2.45, 2.75) is 31.6 Å². The molecule has 0 aromatic carbocycles. The van der Waals surface area contributed by atoms with E-state index in [1.165, 1.54) is 0 Å². The Bertz CT molecular complexity index is 260. The van der Waals surface area contributed by atoms with Crippen LogP contribution in [0.5, 0.6) is 0 Å². The summed E-state index contributed by atoms with van der Waals surface area (Å²) in [6, 6.07) is 0. The first-order valence-electron chi connectivity index (χ1n) is 5.80. The number of hydrogen-bond donors (Lipinski definition) is 1. The van der Waals surface area contributed by atoms with Crippen LogP contribution in [0.4, 0.5) is 0 Å². The minimum atomic E-state index is -0.288. The van der Waals surface area contributed by atoms with Crippen molar-refractivity contribution in [1.82, 2.24) is 0 Å². The van der Waals surface area contributed by atoms with Crippen LogP contribution in [0, 0.1) is 5.92 Å². The van der Waals surface area contributed by atoms with Crippen molar-refractivity contribution >= 4 is 17.3 Å². The lowest BCUT2D eigenvalue weighted by Crippen LogP contribution is -2.45. The molecular formula is C11H19NO3S. The molecule has 0 bridgehead atoms. The smallest absolute Gasteiger partial charge is 0.157 e. The van der Waals surface area contributed by atoms with E-state index in [4.69, 9.17) is 9.47 Å². The SMILES string of the molecule is CCOC1CC(C2(CO)CSC=N2)CCO1. The summed E-state index contributed by atoms with van der Waals surface area (Å²) in [5, 5.41) is 9.58. The second-order valence-corrected chi connectivity index (χ2v) is 5.12. The zero-order valence-electron chi connectivity index (χ0n) is 9.59. The van der Waals surface area contributed by atoms with Crippen molar-refractivity contribution in [3.05, 3.63) is 0 Å². The van der Waals surface area contributed by atoms with E-state index in [9.17, 15) is 5.11 Å². The number of aliphatic hydroxyl groups is 1. The molecule has 0 radical (unpaired) electrons. The van der Waals surface area contributed by atoms with Crippen LogP contribution in [0.25, 0.3) is 0 Å². The Balaban J connectivity index is 2.00. The summed E-state index contributed by atoms with van der Waals surface area (Å²) in [6.07, 6.45) is 1.68. The number of ether oxygens (including phenoxy) is 2. The molecule has 2 heterocycles. The molecule has 92 valence electrons. The van der Waals surface area contributed by atoms with Gasteiger partial charge in [-0.25, -0.2) is 0 Å². The number of rotatable bonds is 4. The van der Waals surface area contributed by atoms with Crippen LogP contribution < -0.4 is 0 Å². The fourth-order valence-electron chi connectivity index (χ4n) is 2.35. The van der Waals surface area contributed by atoms with Crippen molar-refractivity contribution in [2.75, 3.05) is 25.6 Å². The summed E-state index contributed by atoms with van der Waals surface area (Å²) in [6.45, 7) is 3.47. The van der Waals surface area contributed by atoms with Crippen LogP contribution in [0.1, 0.15) is 19.8 Å². The summed E-state index contributed by atoms with van der Waals surface area (Å²) in [5.41, 5.74) is 1.57. The summed E-state index contributed by atoms with van der Waals surface area (Å²) >= 11 is 1.68. The predicted octanol–water partition coefficient (Wildman–Crippen LogP) is 1.28. The molecule has 0 aliphatic carbocycles. The van der Waals surface area contributed by atoms with Crippen LogP contribution in [-0.4, -0.2) is 48.1 Å². The molecule has 2 rings (SSSR count). The highest BCUT2D eigenvalue weighted by Crippen LogP contribution is 2.38. The van der Waals surface area contributed by atoms with E-state index < -0.39 is 0 Å². The van der Waals surface area contributed by atoms with E-state index in [-0.39, 0.29) is 18.4 Å². The van der Waals surface area contributed by atoms with Gasteiger partial charge < -0.3 is 14.6 Å². The molecule has 3 atom stereocenters. The monoisotopic (exact) mass is 245 g/mol. The Hall–Kier alpha value is -0.100. The van der Waals surface area contributed by atoms with Crippen molar-refractivity contribution < 1.29 is 14.6 Å². The molecule has 3 unspecified atom stereocenters. The van der Waals surface area contributed by atoms with Gasteiger partial charge in [0.05, 0.1) is 24.3 Å². The Morgan fingerprint density at radius 1 is 1.69 bits per heavy atom. The van der Waals surface area contributed by atoms with Gasteiger partial charge in [-0.05, 0) is 19.3 Å². The quantitative estimate of drug-likeness (QED) is 0.810. The van der Waals surface area contributed by atoms with E-state index in [0.717, 1.165) is 18.6 Å². The van der Waals surface area contributed by atoms with E-state index in [0.29, 0.717) is 19.1 Å². The molecule has 0 aromatic heterocycles. The van der Waals surface area contributed by atoms with Crippen LogP contribution in [0.15, 0.2) is 4.99 Å². The van der Waals surface area contributed by atoms with Gasteiger partial charge >= 0.3 is 0 Å². The standard InChI is InChI=1S/C11H19NO3S/c1-2-14-10-5-9(3-4-15-10)11(6-13)7-16-8-12-11/h8-10,13H,2-7H2,1H3. The summed E-state index contributed by atoms with van der Waals surface area (Å²) in [7, 11) is 0. The van der Waals surface area contributed by atoms with Gasteiger partial charge in [0.25, 0.3) is 0 Å². The largest absolute Gasteiger partial charge is 0.394 e. The number of nitrogens with zero attached hydrogens (tertiary/aromatic N) is 1. The molecule has 0 saturated carbocycles. The second kappa shape index (κ2) is 5.49. The Morgan fingerprint density at radius 2 is 2.56 bits per heavy atom. The average molecular weight is 245 g/mol. The van der Waals surface area contributed by atoms with Gasteiger partial charge in [-0.15, -0.1) is 11.8 Å². The summed E-state index contributed by atoms with van der Waals surface area (Å²) in [4.78, 5) is 4.48. The van der Waals surface area contributed by atoms with Gasteiger partial charge in [-0.2, -0.15) is 0 Å². The maximum Gasteiger partial charge on any atom is 0.157 e. The molecule has 2 aliphatic rings. The molecule has 1 N–H and O–H groups in total. The third-order valence-corrected chi connectivity index (χ3v) is 4.27. The lowest BCUT2D eigenvalue weighted by Gasteiger charge is -2.38. The molecular weight excluding hydrogens is 226 g/mol. The lowest BCUT2D eigenvalue weighted by atomic mass is 9.81. The van der Waals surface area contributed by atoms with Crippen molar-refractivity contribution in [1.29, 1.82) is 0 Å². The molecule has 0 amide bonds. The van der Waals surface area contributed by atoms with Crippen molar-refractivity contribution in [2.24, 2.45) is 10.9 Å². The zero-order chi connectivity index (χ0) is 11.4. The van der Waals surface area contributed by atoms with Crippen molar-refractivity contribution in [3.63, 3.8) is 0 Å². The third-order valence-electron chi connectivity index (χ3n) is 3.35. The lowest BCUT2D eigenvalue weighted by molar-refractivity contribution is -0.178. The van der Waals surface area contributed by atoms with Crippen LogP contribution in [-0.2, 0) is 9.47 Å². The topological polar surface area (TPSA) is 51.0 Å². The fraction of sp³-hybridized carbons (Fsp3) is 0.909. The molecule has 5 heteroatoms. The fourth-order valence-corrected chi connectivity index (χ4v) is 3.40. The highest BCUT2D eigenvalue weighted by molar-refractivity contribution is 8.12. The highest BCUT2D eigenvalue weighted by Gasteiger charge is 2.42. The van der Waals surface area contributed by atoms with Gasteiger partial charge in [0.15, 0.2) is 6.29 Å². The number of aliphatic imine (C=N–C) groups is 1. The molecule has 0 spiro atoms. The zero-order valence-corrected chi connectivity index (χ0v) is 10.4. The van der Waals surface area contributed by atoms with Gasteiger partial charge in [0, 0.05) is 18.8 Å². The molecule has 1 fully saturated rings. The van der Waals surface area contributed by atoms with E-state index in [2.05, 4.69) is 4.99 Å². The second-order valence-electron chi connectivity index (χ2n) is 4.28. The summed E-state index contributed by atoms with van der Waals surface area (Å²) < 4.78 is 11.0. The van der Waals surface area contributed by atoms with Gasteiger partial charge in [-0.1, -0.05) is 0 Å². The predicted molar refractivity (Wildman–Crippen MR) is 64.9 cm³/mol. The Labute approximate surface area is 100 Å². The average Bonchev–Trinajstić information content (AvgIpc) is 2.80. The minimum absolute atomic E-state index is 0.118. The molecule has 1 saturated heterocycles. The van der Waals surface area contributed by atoms with Gasteiger partial charge in [-0.3, -0.25) is 4.99 Å². The summed E-state index contributed by atoms with van der Waals surface area (Å²) in [5.74, 6) is 1.25. The van der Waals surface area contributed by atoms with Gasteiger partial charge in [0.2, 0.25) is 0 Å². The maximum absolute atomic E-state index is 9.58. The third kappa shape index (κ3) is 2.42. The van der Waals surface area contributed by atoms with Gasteiger partial charge in [0.1, 0.15) is 0 Å². The van der Waals surface area contributed by atoms with Crippen molar-refractivity contribution in [3.8, 4) is 0 Å². The molecule has 16 heavy (non-hydrogen) atoms. The van der Waals surface area contributed by atoms with E-state index in [1.54, 1.807) is 11.8 Å².